The highest BCUT2D eigenvalue weighted by Gasteiger charge is 2.17. The van der Waals surface area contributed by atoms with Crippen LogP contribution in [-0.4, -0.2) is 8.42 Å². The summed E-state index contributed by atoms with van der Waals surface area (Å²) in [5.41, 5.74) is 2.38. The van der Waals surface area contributed by atoms with E-state index in [2.05, 4.69) is 10.8 Å². The van der Waals surface area contributed by atoms with Crippen LogP contribution in [0.4, 0.5) is 0 Å². The molecule has 0 spiro atoms. The third-order valence-electron chi connectivity index (χ3n) is 3.45. The van der Waals surface area contributed by atoms with Crippen LogP contribution in [0.5, 0.6) is 0 Å². The third kappa shape index (κ3) is 3.71. The standard InChI is InChI=1S/C18H14N2O2S2/c19-12-14-6-8-16(9-7-14)17-10-11-18(23-17)24(21,22)20-13-15-4-2-1-3-5-15/h1-11,20H,13H2. The Hall–Kier alpha value is -2.46. The molecule has 1 heterocycles. The van der Waals surface area contributed by atoms with Crippen molar-refractivity contribution in [2.24, 2.45) is 0 Å². The molecule has 0 saturated carbocycles. The fourth-order valence-electron chi connectivity index (χ4n) is 2.17. The summed E-state index contributed by atoms with van der Waals surface area (Å²) in [6.07, 6.45) is 0. The Morgan fingerprint density at radius 1 is 0.958 bits per heavy atom. The summed E-state index contributed by atoms with van der Waals surface area (Å²) in [5, 5.41) is 8.83. The zero-order valence-electron chi connectivity index (χ0n) is 12.6. The first kappa shape index (κ1) is 16.4. The Kier molecular flexibility index (Phi) is 4.76. The highest BCUT2D eigenvalue weighted by atomic mass is 32.2. The fraction of sp³-hybridized carbons (Fsp3) is 0.0556. The van der Waals surface area contributed by atoms with Crippen LogP contribution in [0.15, 0.2) is 70.9 Å². The molecule has 0 radical (unpaired) electrons. The van der Waals surface area contributed by atoms with Gasteiger partial charge in [-0.2, -0.15) is 5.26 Å². The van der Waals surface area contributed by atoms with E-state index in [9.17, 15) is 8.42 Å². The van der Waals surface area contributed by atoms with E-state index in [1.807, 2.05) is 42.5 Å². The van der Waals surface area contributed by atoms with Crippen LogP contribution in [-0.2, 0) is 16.6 Å². The van der Waals surface area contributed by atoms with Gasteiger partial charge in [-0.1, -0.05) is 42.5 Å². The largest absolute Gasteiger partial charge is 0.250 e. The fourth-order valence-corrected chi connectivity index (χ4v) is 4.55. The number of hydrogen-bond acceptors (Lipinski definition) is 4. The molecule has 0 fully saturated rings. The van der Waals surface area contributed by atoms with Gasteiger partial charge in [-0.3, -0.25) is 0 Å². The minimum atomic E-state index is -3.54. The van der Waals surface area contributed by atoms with Gasteiger partial charge in [0.25, 0.3) is 0 Å². The van der Waals surface area contributed by atoms with Crippen LogP contribution in [0.2, 0.25) is 0 Å². The van der Waals surface area contributed by atoms with Crippen LogP contribution in [0.3, 0.4) is 0 Å². The number of thiophene rings is 1. The second kappa shape index (κ2) is 6.97. The van der Waals surface area contributed by atoms with Crippen molar-refractivity contribution in [3.05, 3.63) is 77.9 Å². The van der Waals surface area contributed by atoms with E-state index < -0.39 is 10.0 Å². The summed E-state index contributed by atoms with van der Waals surface area (Å²) in [6, 6.07) is 21.9. The van der Waals surface area contributed by atoms with Gasteiger partial charge in [-0.05, 0) is 35.4 Å². The van der Waals surface area contributed by atoms with E-state index in [4.69, 9.17) is 5.26 Å². The van der Waals surface area contributed by atoms with Gasteiger partial charge in [0.2, 0.25) is 10.0 Å². The molecule has 0 aliphatic carbocycles. The summed E-state index contributed by atoms with van der Waals surface area (Å²) >= 11 is 1.21. The van der Waals surface area contributed by atoms with Gasteiger partial charge in [0.05, 0.1) is 11.6 Å². The predicted octanol–water partition coefficient (Wildman–Crippen LogP) is 3.77. The molecule has 4 nitrogen and oxygen atoms in total. The van der Waals surface area contributed by atoms with Gasteiger partial charge in [0.15, 0.2) is 0 Å². The topological polar surface area (TPSA) is 70.0 Å². The van der Waals surface area contributed by atoms with Crippen LogP contribution in [0, 0.1) is 11.3 Å². The molecule has 0 bridgehead atoms. The zero-order chi connectivity index (χ0) is 17.0. The SMILES string of the molecule is N#Cc1ccc(-c2ccc(S(=O)(=O)NCc3ccccc3)s2)cc1. The molecule has 120 valence electrons. The number of rotatable bonds is 5. The Bertz CT molecular complexity index is 970. The van der Waals surface area contributed by atoms with Gasteiger partial charge in [0, 0.05) is 11.4 Å². The summed E-state index contributed by atoms with van der Waals surface area (Å²) in [5.74, 6) is 0. The zero-order valence-corrected chi connectivity index (χ0v) is 14.3. The Balaban J connectivity index is 1.77. The lowest BCUT2D eigenvalue weighted by molar-refractivity contribution is 0.583. The molecule has 0 aliphatic rings. The van der Waals surface area contributed by atoms with Gasteiger partial charge in [-0.25, -0.2) is 13.1 Å². The molecule has 1 aromatic heterocycles. The van der Waals surface area contributed by atoms with Crippen LogP contribution >= 0.6 is 11.3 Å². The monoisotopic (exact) mass is 354 g/mol. The molecule has 0 amide bonds. The Morgan fingerprint density at radius 2 is 1.67 bits per heavy atom. The molecule has 6 heteroatoms. The third-order valence-corrected chi connectivity index (χ3v) is 6.48. The molecule has 24 heavy (non-hydrogen) atoms. The van der Waals surface area contributed by atoms with Crippen molar-refractivity contribution in [1.29, 1.82) is 5.26 Å². The van der Waals surface area contributed by atoms with Crippen molar-refractivity contribution in [1.82, 2.24) is 4.72 Å². The summed E-state index contributed by atoms with van der Waals surface area (Å²) in [6.45, 7) is 0.257. The average Bonchev–Trinajstić information content (AvgIpc) is 3.12. The molecule has 3 rings (SSSR count). The van der Waals surface area contributed by atoms with Gasteiger partial charge < -0.3 is 0 Å². The number of nitrogens with zero attached hydrogens (tertiary/aromatic N) is 1. The van der Waals surface area contributed by atoms with Gasteiger partial charge in [-0.15, -0.1) is 11.3 Å². The van der Waals surface area contributed by atoms with Crippen LogP contribution in [0.25, 0.3) is 10.4 Å². The van der Waals surface area contributed by atoms with E-state index in [-0.39, 0.29) is 10.8 Å². The number of benzene rings is 2. The van der Waals surface area contributed by atoms with Gasteiger partial charge in [0.1, 0.15) is 4.21 Å². The van der Waals surface area contributed by atoms with Crippen molar-refractivity contribution < 1.29 is 8.42 Å². The van der Waals surface area contributed by atoms with Crippen LogP contribution in [0.1, 0.15) is 11.1 Å². The van der Waals surface area contributed by atoms with E-state index in [0.29, 0.717) is 5.56 Å². The molecular formula is C18H14N2O2S2. The first-order valence-corrected chi connectivity index (χ1v) is 9.52. The van der Waals surface area contributed by atoms with E-state index >= 15 is 0 Å². The quantitative estimate of drug-likeness (QED) is 0.758. The minimum absolute atomic E-state index is 0.257. The first-order valence-electron chi connectivity index (χ1n) is 7.22. The lowest BCUT2D eigenvalue weighted by atomic mass is 10.1. The maximum Gasteiger partial charge on any atom is 0.250 e. The minimum Gasteiger partial charge on any atom is -0.206 e. The Labute approximate surface area is 145 Å². The second-order valence-electron chi connectivity index (χ2n) is 5.12. The molecule has 0 unspecified atom stereocenters. The molecule has 0 aliphatic heterocycles. The van der Waals surface area contributed by atoms with Gasteiger partial charge >= 0.3 is 0 Å². The van der Waals surface area contributed by atoms with Crippen LogP contribution < -0.4 is 4.72 Å². The molecular weight excluding hydrogens is 340 g/mol. The van der Waals surface area contributed by atoms with E-state index in [1.54, 1.807) is 24.3 Å². The maximum absolute atomic E-state index is 12.4. The summed E-state index contributed by atoms with van der Waals surface area (Å²) in [4.78, 5) is 0.847. The molecule has 0 saturated heterocycles. The van der Waals surface area contributed by atoms with Crippen molar-refractivity contribution in [3.63, 3.8) is 0 Å². The second-order valence-corrected chi connectivity index (χ2v) is 8.20. The number of nitriles is 1. The highest BCUT2D eigenvalue weighted by molar-refractivity contribution is 7.91. The lowest BCUT2D eigenvalue weighted by Crippen LogP contribution is -2.22. The first-order chi connectivity index (χ1) is 11.6. The summed E-state index contributed by atoms with van der Waals surface area (Å²) < 4.78 is 27.7. The normalized spacial score (nSPS) is 11.1. The van der Waals surface area contributed by atoms with Crippen molar-refractivity contribution in [2.45, 2.75) is 10.8 Å². The van der Waals surface area contributed by atoms with E-state index in [1.165, 1.54) is 11.3 Å². The van der Waals surface area contributed by atoms with Crippen molar-refractivity contribution in [2.75, 3.05) is 0 Å². The number of hydrogen-bond donors (Lipinski definition) is 1. The van der Waals surface area contributed by atoms with Crippen molar-refractivity contribution >= 4 is 21.4 Å². The highest BCUT2D eigenvalue weighted by Crippen LogP contribution is 2.30. The molecule has 0 atom stereocenters. The molecule has 2 aromatic carbocycles. The predicted molar refractivity (Wildman–Crippen MR) is 94.9 cm³/mol. The van der Waals surface area contributed by atoms with E-state index in [0.717, 1.165) is 16.0 Å². The smallest absolute Gasteiger partial charge is 0.206 e. The van der Waals surface area contributed by atoms with Crippen molar-refractivity contribution in [3.8, 4) is 16.5 Å². The maximum atomic E-state index is 12.4. The number of nitrogens with one attached hydrogen (secondary N) is 1. The molecule has 1 N–H and O–H groups in total. The molecule has 3 aromatic rings. The lowest BCUT2D eigenvalue weighted by Gasteiger charge is -2.04. The summed E-state index contributed by atoms with van der Waals surface area (Å²) in [7, 11) is -3.54. The average molecular weight is 354 g/mol. The number of sulfonamides is 1. The Morgan fingerprint density at radius 3 is 2.33 bits per heavy atom.